The topological polar surface area (TPSA) is 77.5 Å². The van der Waals surface area contributed by atoms with Crippen molar-refractivity contribution in [3.8, 4) is 0 Å². The number of esters is 1. The van der Waals surface area contributed by atoms with Crippen LogP contribution in [0.25, 0.3) is 0 Å². The fourth-order valence-corrected chi connectivity index (χ4v) is 3.52. The van der Waals surface area contributed by atoms with E-state index in [2.05, 4.69) is 4.74 Å². The lowest BCUT2D eigenvalue weighted by Crippen LogP contribution is -2.17. The highest BCUT2D eigenvalue weighted by atomic mass is 32.2. The lowest BCUT2D eigenvalue weighted by molar-refractivity contribution is -0.137. The zero-order valence-electron chi connectivity index (χ0n) is 11.2. The van der Waals surface area contributed by atoms with Crippen molar-refractivity contribution in [3.63, 3.8) is 0 Å². The summed E-state index contributed by atoms with van der Waals surface area (Å²) in [5.41, 5.74) is 0.133. The highest BCUT2D eigenvalue weighted by Gasteiger charge is 2.29. The zero-order chi connectivity index (χ0) is 14.8. The summed E-state index contributed by atoms with van der Waals surface area (Å²) in [5.74, 6) is -1.28. The van der Waals surface area contributed by atoms with Crippen LogP contribution in [-0.4, -0.2) is 32.5 Å². The van der Waals surface area contributed by atoms with Crippen LogP contribution in [0.2, 0.25) is 0 Å². The minimum atomic E-state index is -3.30. The maximum absolute atomic E-state index is 12.0. The van der Waals surface area contributed by atoms with Crippen molar-refractivity contribution in [2.75, 3.05) is 12.4 Å². The average Bonchev–Trinajstić information content (AvgIpc) is 3.21. The Hall–Kier alpha value is -1.69. The van der Waals surface area contributed by atoms with E-state index in [4.69, 9.17) is 0 Å². The quantitative estimate of drug-likeness (QED) is 0.453. The molecule has 1 aliphatic carbocycles. The van der Waals surface area contributed by atoms with E-state index in [1.807, 2.05) is 0 Å². The van der Waals surface area contributed by atoms with Crippen LogP contribution >= 0.6 is 0 Å². The maximum atomic E-state index is 12.0. The number of ketones is 1. The molecule has 0 N–H and O–H groups in total. The Bertz CT molecular complexity index is 611. The molecule has 108 valence electrons. The normalized spacial score (nSPS) is 14.8. The van der Waals surface area contributed by atoms with Crippen molar-refractivity contribution in [3.05, 3.63) is 29.8 Å². The standard InChI is InChI=1S/C14H16O5S/c1-2-19-14(16)13(15)11-5-7-12(8-6-11)20(17,18)9-10-3-4-10/h5-8,10H,2-4,9H2,1H3. The first-order valence-corrected chi connectivity index (χ1v) is 8.13. The summed E-state index contributed by atoms with van der Waals surface area (Å²) < 4.78 is 28.7. The predicted molar refractivity (Wildman–Crippen MR) is 72.2 cm³/mol. The maximum Gasteiger partial charge on any atom is 0.379 e. The third kappa shape index (κ3) is 3.45. The van der Waals surface area contributed by atoms with Gasteiger partial charge >= 0.3 is 5.97 Å². The molecule has 0 aromatic heterocycles. The van der Waals surface area contributed by atoms with Crippen molar-refractivity contribution >= 4 is 21.6 Å². The predicted octanol–water partition coefficient (Wildman–Crippen LogP) is 1.62. The summed E-state index contributed by atoms with van der Waals surface area (Å²) >= 11 is 0. The lowest BCUT2D eigenvalue weighted by atomic mass is 10.1. The molecule has 1 aromatic carbocycles. The van der Waals surface area contributed by atoms with Gasteiger partial charge in [0.05, 0.1) is 17.3 Å². The molecule has 2 rings (SSSR count). The molecule has 0 unspecified atom stereocenters. The van der Waals surface area contributed by atoms with Crippen LogP contribution in [0.15, 0.2) is 29.2 Å². The van der Waals surface area contributed by atoms with Gasteiger partial charge < -0.3 is 4.74 Å². The van der Waals surface area contributed by atoms with Gasteiger partial charge in [-0.1, -0.05) is 0 Å². The number of rotatable bonds is 6. The molecule has 0 aliphatic heterocycles. The average molecular weight is 296 g/mol. The van der Waals surface area contributed by atoms with Crippen LogP contribution in [0.4, 0.5) is 0 Å². The highest BCUT2D eigenvalue weighted by Crippen LogP contribution is 2.32. The number of Topliss-reactive ketones (excluding diaryl/α,β-unsaturated/α-hetero) is 1. The molecule has 0 spiro atoms. The SMILES string of the molecule is CCOC(=O)C(=O)c1ccc(S(=O)(=O)CC2CC2)cc1. The summed E-state index contributed by atoms with van der Waals surface area (Å²) in [5, 5.41) is 0. The number of hydrogen-bond acceptors (Lipinski definition) is 5. The van der Waals surface area contributed by atoms with E-state index >= 15 is 0 Å². The number of benzene rings is 1. The molecule has 1 saturated carbocycles. The molecule has 20 heavy (non-hydrogen) atoms. The van der Waals surface area contributed by atoms with E-state index in [9.17, 15) is 18.0 Å². The van der Waals surface area contributed by atoms with Gasteiger partial charge in [-0.15, -0.1) is 0 Å². The molecular formula is C14H16O5S. The van der Waals surface area contributed by atoms with Crippen molar-refractivity contribution < 1.29 is 22.7 Å². The molecule has 0 atom stereocenters. The zero-order valence-corrected chi connectivity index (χ0v) is 12.0. The van der Waals surface area contributed by atoms with Crippen molar-refractivity contribution in [2.24, 2.45) is 5.92 Å². The second-order valence-corrected chi connectivity index (χ2v) is 6.83. The van der Waals surface area contributed by atoms with Crippen LogP contribution in [-0.2, 0) is 19.4 Å². The summed E-state index contributed by atoms with van der Waals surface area (Å²) in [6.07, 6.45) is 1.91. The van der Waals surface area contributed by atoms with Gasteiger partial charge in [-0.2, -0.15) is 0 Å². The molecule has 0 bridgehead atoms. The molecule has 0 amide bonds. The Morgan fingerprint density at radius 2 is 1.80 bits per heavy atom. The summed E-state index contributed by atoms with van der Waals surface area (Å²) in [6.45, 7) is 1.73. The number of carbonyl (C=O) groups is 2. The number of hydrogen-bond donors (Lipinski definition) is 0. The Morgan fingerprint density at radius 3 is 2.30 bits per heavy atom. The van der Waals surface area contributed by atoms with E-state index in [-0.39, 0.29) is 28.7 Å². The third-order valence-corrected chi connectivity index (χ3v) is 4.99. The van der Waals surface area contributed by atoms with Crippen molar-refractivity contribution in [1.82, 2.24) is 0 Å². The summed E-state index contributed by atoms with van der Waals surface area (Å²) in [7, 11) is -3.30. The van der Waals surface area contributed by atoms with E-state index in [1.165, 1.54) is 24.3 Å². The highest BCUT2D eigenvalue weighted by molar-refractivity contribution is 7.91. The molecule has 0 radical (unpaired) electrons. The van der Waals surface area contributed by atoms with Gasteiger partial charge in [-0.3, -0.25) is 4.79 Å². The van der Waals surface area contributed by atoms with Crippen LogP contribution in [0, 0.1) is 5.92 Å². The number of carbonyl (C=O) groups excluding carboxylic acids is 2. The first kappa shape index (κ1) is 14.7. The first-order valence-electron chi connectivity index (χ1n) is 6.48. The molecule has 6 heteroatoms. The van der Waals surface area contributed by atoms with Gasteiger partial charge in [0.25, 0.3) is 5.78 Å². The van der Waals surface area contributed by atoms with E-state index < -0.39 is 21.6 Å². The van der Waals surface area contributed by atoms with Crippen LogP contribution in [0.5, 0.6) is 0 Å². The molecular weight excluding hydrogens is 280 g/mol. The molecule has 1 aromatic rings. The van der Waals surface area contributed by atoms with Crippen molar-refractivity contribution in [2.45, 2.75) is 24.7 Å². The van der Waals surface area contributed by atoms with Crippen LogP contribution in [0.1, 0.15) is 30.1 Å². The van der Waals surface area contributed by atoms with E-state index in [0.29, 0.717) is 0 Å². The molecule has 1 fully saturated rings. The Morgan fingerprint density at radius 1 is 1.20 bits per heavy atom. The first-order chi connectivity index (χ1) is 9.44. The molecule has 0 heterocycles. The van der Waals surface area contributed by atoms with Gasteiger partial charge in [0.1, 0.15) is 0 Å². The Kier molecular flexibility index (Phi) is 4.23. The fourth-order valence-electron chi connectivity index (χ4n) is 1.82. The van der Waals surface area contributed by atoms with Gasteiger partial charge in [-0.25, -0.2) is 13.2 Å². The summed E-state index contributed by atoms with van der Waals surface area (Å²) in [6, 6.07) is 5.42. The monoisotopic (exact) mass is 296 g/mol. The number of ether oxygens (including phenoxy) is 1. The second kappa shape index (κ2) is 5.75. The lowest BCUT2D eigenvalue weighted by Gasteiger charge is -2.05. The van der Waals surface area contributed by atoms with Crippen LogP contribution < -0.4 is 0 Å². The Labute approximate surface area is 117 Å². The summed E-state index contributed by atoms with van der Waals surface area (Å²) in [4.78, 5) is 23.1. The second-order valence-electron chi connectivity index (χ2n) is 4.80. The minimum absolute atomic E-state index is 0.123. The third-order valence-electron chi connectivity index (χ3n) is 3.09. The van der Waals surface area contributed by atoms with Gasteiger partial charge in [-0.05, 0) is 49.9 Å². The minimum Gasteiger partial charge on any atom is -0.460 e. The molecule has 1 aliphatic rings. The van der Waals surface area contributed by atoms with Gasteiger partial charge in [0.2, 0.25) is 0 Å². The largest absolute Gasteiger partial charge is 0.460 e. The van der Waals surface area contributed by atoms with Crippen LogP contribution in [0.3, 0.4) is 0 Å². The molecule has 0 saturated heterocycles. The smallest absolute Gasteiger partial charge is 0.379 e. The van der Waals surface area contributed by atoms with E-state index in [1.54, 1.807) is 6.92 Å². The van der Waals surface area contributed by atoms with Gasteiger partial charge in [0, 0.05) is 5.56 Å². The van der Waals surface area contributed by atoms with E-state index in [0.717, 1.165) is 12.8 Å². The van der Waals surface area contributed by atoms with Gasteiger partial charge in [0.15, 0.2) is 9.84 Å². The molecule has 5 nitrogen and oxygen atoms in total. The Balaban J connectivity index is 2.13. The fraction of sp³-hybridized carbons (Fsp3) is 0.429. The number of sulfone groups is 1. The van der Waals surface area contributed by atoms with Crippen molar-refractivity contribution in [1.29, 1.82) is 0 Å².